The van der Waals surface area contributed by atoms with Gasteiger partial charge in [0.2, 0.25) is 11.8 Å². The Kier molecular flexibility index (Phi) is 10.8. The number of halogens is 4. The van der Waals surface area contributed by atoms with E-state index >= 15 is 0 Å². The van der Waals surface area contributed by atoms with E-state index in [1.165, 1.54) is 4.90 Å². The van der Waals surface area contributed by atoms with Crippen molar-refractivity contribution in [2.45, 2.75) is 52.1 Å². The van der Waals surface area contributed by atoms with Crippen LogP contribution in [0.4, 0.5) is 17.6 Å². The number of hydrogen-bond acceptors (Lipinski definition) is 4. The third kappa shape index (κ3) is 6.60. The summed E-state index contributed by atoms with van der Waals surface area (Å²) in [7, 11) is 1.58. The van der Waals surface area contributed by atoms with Crippen molar-refractivity contribution in [3.05, 3.63) is 77.0 Å². The molecule has 2 aliphatic heterocycles. The zero-order chi connectivity index (χ0) is 30.0. The number of nitrogens with zero attached hydrogens (tertiary/aromatic N) is 2. The summed E-state index contributed by atoms with van der Waals surface area (Å²) >= 11 is 0. The molecule has 2 saturated heterocycles. The van der Waals surface area contributed by atoms with E-state index in [1.807, 2.05) is 52.0 Å². The molecule has 219 valence electrons. The number of amides is 3. The number of alkyl halides is 3. The summed E-state index contributed by atoms with van der Waals surface area (Å²) in [6.07, 6.45) is -0.766. The molecular formula is C30H32F4N2NbO4. The summed E-state index contributed by atoms with van der Waals surface area (Å²) in [5.74, 6) is -1.07. The van der Waals surface area contributed by atoms with Crippen LogP contribution in [0.15, 0.2) is 42.5 Å². The van der Waals surface area contributed by atoms with Gasteiger partial charge in [-0.3, -0.25) is 18.9 Å². The molecule has 1 unspecified atom stereocenters. The maximum Gasteiger partial charge on any atom is 2.00 e. The Labute approximate surface area is 253 Å². The molecule has 0 aromatic heterocycles. The minimum Gasteiger partial charge on any atom is -0.376 e. The fourth-order valence-corrected chi connectivity index (χ4v) is 5.45. The molecule has 0 N–H and O–H groups in total. The second kappa shape index (κ2) is 12.9. The van der Waals surface area contributed by atoms with Crippen LogP contribution < -0.4 is 0 Å². The van der Waals surface area contributed by atoms with Gasteiger partial charge in [0.05, 0.1) is 23.0 Å². The molecule has 41 heavy (non-hydrogen) atoms. The average Bonchev–Trinajstić information content (AvgIpc) is 3.03. The molecule has 2 aromatic rings. The fraction of sp³-hybridized carbons (Fsp3) is 0.433. The number of imide groups is 1. The number of carbonyl (C=O) groups is 3. The topological polar surface area (TPSA) is 74.8 Å². The predicted molar refractivity (Wildman–Crippen MR) is 140 cm³/mol. The quantitative estimate of drug-likeness (QED) is 0.201. The largest absolute Gasteiger partial charge is 2.00 e. The van der Waals surface area contributed by atoms with Crippen molar-refractivity contribution in [3.8, 4) is 0 Å². The molecule has 3 amide bonds. The van der Waals surface area contributed by atoms with Crippen LogP contribution in [0.3, 0.4) is 0 Å². The van der Waals surface area contributed by atoms with Gasteiger partial charge in [0.15, 0.2) is 0 Å². The van der Waals surface area contributed by atoms with Gasteiger partial charge < -0.3 is 20.9 Å². The first kappa shape index (κ1) is 34.3. The van der Waals surface area contributed by atoms with Crippen LogP contribution in [0.2, 0.25) is 0 Å². The number of aryl methyl sites for hydroxylation is 1. The zero-order valence-corrected chi connectivity index (χ0v) is 25.7. The monoisotopic (exact) mass is 653 g/mol. The van der Waals surface area contributed by atoms with E-state index in [0.29, 0.717) is 44.1 Å². The van der Waals surface area contributed by atoms with Gasteiger partial charge in [0.25, 0.3) is 0 Å². The molecule has 2 aromatic carbocycles. The molecule has 1 spiro atoms. The Balaban J connectivity index is 0.000000355. The van der Waals surface area contributed by atoms with Crippen molar-refractivity contribution in [2.24, 2.45) is 11.3 Å². The van der Waals surface area contributed by atoms with Crippen LogP contribution >= 0.6 is 0 Å². The normalized spacial score (nSPS) is 20.0. The van der Waals surface area contributed by atoms with Gasteiger partial charge in [0, 0.05) is 26.0 Å². The second-order valence-corrected chi connectivity index (χ2v) is 10.8. The van der Waals surface area contributed by atoms with Crippen LogP contribution in [0.1, 0.15) is 55.9 Å². The van der Waals surface area contributed by atoms with Crippen molar-refractivity contribution in [1.82, 2.24) is 9.80 Å². The third-order valence-electron chi connectivity index (χ3n) is 7.84. The molecule has 0 bridgehead atoms. The Bertz CT molecular complexity index is 1290. The van der Waals surface area contributed by atoms with Gasteiger partial charge in [-0.15, -0.1) is 11.6 Å². The van der Waals surface area contributed by atoms with Crippen LogP contribution in [0, 0.1) is 30.5 Å². The first-order valence-electron chi connectivity index (χ1n) is 12.9. The van der Waals surface area contributed by atoms with E-state index in [4.69, 9.17) is 0 Å². The SMILES string of the molecule is Cc1ccc(C2(C)C(=O)N(C)C(=O)C23CCN(C(=O)[CH-]C(C)C)CC3)cc1.O=[C-]c1cc(C(F)(F)F)ccc1F.[Nb+2]. The summed E-state index contributed by atoms with van der Waals surface area (Å²) in [6.45, 7) is 8.86. The van der Waals surface area contributed by atoms with E-state index < -0.39 is 34.0 Å². The van der Waals surface area contributed by atoms with Gasteiger partial charge >= 0.3 is 28.6 Å². The number of carbonyl (C=O) groups excluding carboxylic acids is 4. The fourth-order valence-electron chi connectivity index (χ4n) is 5.45. The minimum absolute atomic E-state index is 0. The summed E-state index contributed by atoms with van der Waals surface area (Å²) in [5.41, 5.74) is -1.47. The molecule has 0 saturated carbocycles. The van der Waals surface area contributed by atoms with E-state index in [0.717, 1.165) is 17.4 Å². The van der Waals surface area contributed by atoms with Crippen LogP contribution in [0.25, 0.3) is 0 Å². The van der Waals surface area contributed by atoms with Crippen molar-refractivity contribution in [1.29, 1.82) is 0 Å². The van der Waals surface area contributed by atoms with E-state index in [1.54, 1.807) is 18.4 Å². The van der Waals surface area contributed by atoms with E-state index in [2.05, 4.69) is 0 Å². The summed E-state index contributed by atoms with van der Waals surface area (Å²) in [6, 6.07) is 9.47. The van der Waals surface area contributed by atoms with Crippen LogP contribution in [-0.4, -0.2) is 53.9 Å². The van der Waals surface area contributed by atoms with Gasteiger partial charge in [-0.1, -0.05) is 55.8 Å². The number of benzene rings is 2. The van der Waals surface area contributed by atoms with Crippen molar-refractivity contribution < 1.29 is 59.1 Å². The average molecular weight is 653 g/mol. The number of piperidine rings is 1. The molecule has 2 aliphatic rings. The molecule has 11 heteroatoms. The van der Waals surface area contributed by atoms with Gasteiger partial charge in [-0.25, -0.2) is 0 Å². The molecule has 1 atom stereocenters. The molecule has 1 radical (unpaired) electrons. The molecule has 2 heterocycles. The van der Waals surface area contributed by atoms with Crippen molar-refractivity contribution in [2.75, 3.05) is 20.1 Å². The number of likely N-dealkylation sites (N-methyl/N-ethyl adjacent to an activating group) is 1. The number of hydrogen-bond donors (Lipinski definition) is 0. The predicted octanol–water partition coefficient (Wildman–Crippen LogP) is 5.02. The van der Waals surface area contributed by atoms with Crippen molar-refractivity contribution >= 4 is 24.0 Å². The second-order valence-electron chi connectivity index (χ2n) is 10.8. The third-order valence-corrected chi connectivity index (χ3v) is 7.84. The maximum atomic E-state index is 13.2. The Hall–Kier alpha value is -2.95. The number of likely N-dealkylation sites (tertiary alicyclic amines) is 2. The molecule has 4 rings (SSSR count). The zero-order valence-electron chi connectivity index (χ0n) is 23.5. The Morgan fingerprint density at radius 2 is 1.59 bits per heavy atom. The summed E-state index contributed by atoms with van der Waals surface area (Å²) < 4.78 is 48.5. The van der Waals surface area contributed by atoms with Gasteiger partial charge in [-0.05, 0) is 37.8 Å². The summed E-state index contributed by atoms with van der Waals surface area (Å²) in [5, 5.41) is 0. The molecule has 0 aliphatic carbocycles. The minimum atomic E-state index is -4.57. The van der Waals surface area contributed by atoms with Gasteiger partial charge in [-0.2, -0.15) is 19.1 Å². The first-order valence-corrected chi connectivity index (χ1v) is 12.9. The van der Waals surface area contributed by atoms with Crippen LogP contribution in [-0.2, 0) is 53.1 Å². The number of rotatable bonds is 4. The summed E-state index contributed by atoms with van der Waals surface area (Å²) in [4.78, 5) is 51.8. The van der Waals surface area contributed by atoms with Crippen LogP contribution in [0.5, 0.6) is 0 Å². The smallest absolute Gasteiger partial charge is 0.376 e. The van der Waals surface area contributed by atoms with Crippen molar-refractivity contribution in [3.63, 3.8) is 0 Å². The molecular weight excluding hydrogens is 621 g/mol. The van der Waals surface area contributed by atoms with E-state index in [9.17, 15) is 36.7 Å². The first-order chi connectivity index (χ1) is 18.6. The van der Waals surface area contributed by atoms with Gasteiger partial charge in [0.1, 0.15) is 0 Å². The maximum absolute atomic E-state index is 13.2. The standard InChI is InChI=1S/C22H29N2O3.C8H3F4O.Nb/c1-15(2)14-18(25)24-12-10-22(11-13-24)20(27)23(5)19(26)21(22,4)17-8-6-16(3)7-9-17;9-7-2-1-6(8(10,11)12)3-5(7)4-13;/h6-9,14-15H,10-13H2,1-5H3;1-3H;/q2*-1;+2. The Morgan fingerprint density at radius 1 is 1.02 bits per heavy atom. The Morgan fingerprint density at radius 3 is 2.07 bits per heavy atom. The molecule has 6 nitrogen and oxygen atoms in total. The molecule has 2 fully saturated rings. The van der Waals surface area contributed by atoms with E-state index in [-0.39, 0.29) is 46.0 Å².